The van der Waals surface area contributed by atoms with Crippen LogP contribution in [0.1, 0.15) is 412 Å². The summed E-state index contributed by atoms with van der Waals surface area (Å²) in [5.41, 5.74) is 0. The van der Waals surface area contributed by atoms with E-state index in [9.17, 15) is 19.0 Å². The lowest BCUT2D eigenvalue weighted by molar-refractivity contribution is -0.870. The lowest BCUT2D eigenvalue weighted by atomic mass is 10.0. The molecule has 96 heavy (non-hydrogen) atoms. The van der Waals surface area contributed by atoms with Crippen LogP contribution in [0.4, 0.5) is 0 Å². The number of phosphoric ester groups is 1. The highest BCUT2D eigenvalue weighted by Crippen LogP contribution is 2.43. The Hall–Kier alpha value is -2.55. The smallest absolute Gasteiger partial charge is 0.462 e. The van der Waals surface area contributed by atoms with E-state index in [2.05, 4.69) is 86.8 Å². The number of nitrogens with zero attached hydrogens (tertiary/aromatic N) is 1. The highest BCUT2D eigenvalue weighted by molar-refractivity contribution is 7.47. The van der Waals surface area contributed by atoms with Crippen LogP contribution < -0.4 is 0 Å². The van der Waals surface area contributed by atoms with Crippen LogP contribution in [0.3, 0.4) is 0 Å². The molecule has 0 spiro atoms. The Balaban J connectivity index is 3.89. The molecule has 0 saturated carbocycles. The monoisotopic (exact) mass is 1370 g/mol. The van der Waals surface area contributed by atoms with Gasteiger partial charge in [-0.05, 0) is 83.5 Å². The topological polar surface area (TPSA) is 108 Å². The zero-order valence-corrected chi connectivity index (χ0v) is 65.3. The second kappa shape index (κ2) is 76.6. The molecule has 0 aliphatic rings. The van der Waals surface area contributed by atoms with Crippen molar-refractivity contribution in [2.75, 3.05) is 47.5 Å². The molecule has 1 N–H and O–H groups in total. The van der Waals surface area contributed by atoms with Crippen LogP contribution in [-0.2, 0) is 32.7 Å². The third kappa shape index (κ3) is 80.4. The van der Waals surface area contributed by atoms with Gasteiger partial charge in [-0.2, -0.15) is 0 Å². The molecule has 0 aromatic heterocycles. The van der Waals surface area contributed by atoms with Crippen molar-refractivity contribution in [2.24, 2.45) is 0 Å². The summed E-state index contributed by atoms with van der Waals surface area (Å²) in [6, 6.07) is 0. The molecule has 0 saturated heterocycles. The minimum atomic E-state index is -4.40. The Bertz CT molecular complexity index is 1850. The predicted molar refractivity (Wildman–Crippen MR) is 418 cm³/mol. The van der Waals surface area contributed by atoms with E-state index in [0.717, 1.165) is 64.2 Å². The van der Waals surface area contributed by atoms with Gasteiger partial charge in [0.15, 0.2) is 6.10 Å². The Morgan fingerprint density at radius 1 is 0.333 bits per heavy atom. The summed E-state index contributed by atoms with van der Waals surface area (Å²) in [6.07, 6.45) is 105. The number of carbonyl (C=O) groups excluding carboxylic acids is 2. The van der Waals surface area contributed by atoms with Gasteiger partial charge in [0.2, 0.25) is 0 Å². The zero-order chi connectivity index (χ0) is 69.7. The molecule has 0 aromatic rings. The molecule has 562 valence electrons. The van der Waals surface area contributed by atoms with E-state index < -0.39 is 26.5 Å². The van der Waals surface area contributed by atoms with Crippen LogP contribution in [0, 0.1) is 0 Å². The molecule has 0 rings (SSSR count). The Morgan fingerprint density at radius 3 is 0.885 bits per heavy atom. The first-order chi connectivity index (χ1) is 47.0. The average molecular weight is 1370 g/mol. The van der Waals surface area contributed by atoms with Gasteiger partial charge < -0.3 is 18.9 Å². The van der Waals surface area contributed by atoms with Gasteiger partial charge in [-0.15, -0.1) is 0 Å². The Labute approximate surface area is 597 Å². The standard InChI is InChI=1S/C86H160NO8P/c1-6-8-10-12-14-16-18-20-22-24-26-28-30-32-34-36-38-40-42-43-45-47-49-51-53-55-57-59-61-63-65-67-69-71-73-75-77-79-86(89)95-84(83-94-96(90,91)93-81-80-87(3,4)5)82-92-85(88)78-76-74-72-70-68-66-64-62-60-58-56-54-52-50-48-46-44-41-39-37-35-33-31-29-27-25-23-21-19-17-15-13-11-9-7-2/h8,10,14,16,19-22,25-28,84H,6-7,9,11-13,15,17-18,23-24,29-83H2,1-5H3/p+1/b10-8-,16-14-,21-19-,22-20-,27-25-,28-26-. The Morgan fingerprint density at radius 2 is 0.594 bits per heavy atom. The van der Waals surface area contributed by atoms with E-state index in [1.165, 1.54) is 315 Å². The molecule has 9 nitrogen and oxygen atoms in total. The molecule has 2 unspecified atom stereocenters. The summed E-state index contributed by atoms with van der Waals surface area (Å²) in [5.74, 6) is -0.773. The largest absolute Gasteiger partial charge is 0.472 e. The summed E-state index contributed by atoms with van der Waals surface area (Å²) in [4.78, 5) is 36.0. The fraction of sp³-hybridized carbons (Fsp3) is 0.837. The zero-order valence-electron chi connectivity index (χ0n) is 64.4. The first-order valence-corrected chi connectivity index (χ1v) is 43.2. The van der Waals surface area contributed by atoms with Crippen LogP contribution in [0.2, 0.25) is 0 Å². The summed E-state index contributed by atoms with van der Waals surface area (Å²) >= 11 is 0. The van der Waals surface area contributed by atoms with E-state index in [0.29, 0.717) is 23.9 Å². The van der Waals surface area contributed by atoms with Gasteiger partial charge in [-0.25, -0.2) is 4.57 Å². The number of rotatable bonds is 78. The van der Waals surface area contributed by atoms with Crippen LogP contribution in [0.5, 0.6) is 0 Å². The van der Waals surface area contributed by atoms with E-state index >= 15 is 0 Å². The van der Waals surface area contributed by atoms with Crippen LogP contribution >= 0.6 is 7.82 Å². The van der Waals surface area contributed by atoms with Crippen LogP contribution in [0.25, 0.3) is 0 Å². The number of quaternary nitrogens is 1. The van der Waals surface area contributed by atoms with Crippen molar-refractivity contribution in [3.63, 3.8) is 0 Å². The lowest BCUT2D eigenvalue weighted by Gasteiger charge is -2.24. The number of hydrogen-bond donors (Lipinski definition) is 1. The summed E-state index contributed by atoms with van der Waals surface area (Å²) in [7, 11) is 1.50. The molecule has 0 radical (unpaired) electrons. The molecule has 0 fully saturated rings. The van der Waals surface area contributed by atoms with Gasteiger partial charge in [0, 0.05) is 12.8 Å². The molecular weight excluding hydrogens is 1210 g/mol. The first-order valence-electron chi connectivity index (χ1n) is 41.7. The molecule has 0 aliphatic heterocycles. The maximum atomic E-state index is 12.9. The second-order valence-corrected chi connectivity index (χ2v) is 30.9. The normalized spacial score (nSPS) is 13.4. The van der Waals surface area contributed by atoms with Gasteiger partial charge in [0.25, 0.3) is 0 Å². The summed E-state index contributed by atoms with van der Waals surface area (Å²) < 4.78 is 34.9. The van der Waals surface area contributed by atoms with Gasteiger partial charge in [-0.1, -0.05) is 389 Å². The third-order valence-electron chi connectivity index (χ3n) is 18.7. The number of hydrogen-bond acceptors (Lipinski definition) is 7. The first kappa shape index (κ1) is 93.5. The van der Waals surface area contributed by atoms with E-state index in [-0.39, 0.29) is 25.6 Å². The van der Waals surface area contributed by atoms with E-state index in [4.69, 9.17) is 18.5 Å². The summed E-state index contributed by atoms with van der Waals surface area (Å²) in [6.45, 7) is 4.38. The van der Waals surface area contributed by atoms with Crippen molar-refractivity contribution in [2.45, 2.75) is 418 Å². The Kier molecular flexibility index (Phi) is 74.6. The van der Waals surface area contributed by atoms with Crippen molar-refractivity contribution in [3.8, 4) is 0 Å². The number of ether oxygens (including phenoxy) is 2. The quantitative estimate of drug-likeness (QED) is 0.0211. The number of carbonyl (C=O) groups is 2. The number of esters is 2. The minimum Gasteiger partial charge on any atom is -0.462 e. The molecule has 0 aliphatic carbocycles. The van der Waals surface area contributed by atoms with E-state index in [1.807, 2.05) is 21.1 Å². The van der Waals surface area contributed by atoms with Crippen molar-refractivity contribution in [1.82, 2.24) is 0 Å². The van der Waals surface area contributed by atoms with Crippen molar-refractivity contribution in [3.05, 3.63) is 72.9 Å². The third-order valence-corrected chi connectivity index (χ3v) is 19.7. The van der Waals surface area contributed by atoms with Crippen LogP contribution in [0.15, 0.2) is 72.9 Å². The maximum Gasteiger partial charge on any atom is 0.472 e. The number of phosphoric acid groups is 1. The molecule has 0 bridgehead atoms. The van der Waals surface area contributed by atoms with Gasteiger partial charge in [0.05, 0.1) is 27.7 Å². The summed E-state index contributed by atoms with van der Waals surface area (Å²) in [5, 5.41) is 0. The number of allylic oxidation sites excluding steroid dienone is 12. The molecular formula is C86H161NO8P+. The maximum absolute atomic E-state index is 12.9. The molecule has 0 aromatic carbocycles. The van der Waals surface area contributed by atoms with Crippen LogP contribution in [-0.4, -0.2) is 74.9 Å². The molecule has 2 atom stereocenters. The fourth-order valence-corrected chi connectivity index (χ4v) is 13.1. The van der Waals surface area contributed by atoms with Crippen molar-refractivity contribution in [1.29, 1.82) is 0 Å². The molecule has 10 heteroatoms. The molecule has 0 amide bonds. The molecule has 0 heterocycles. The van der Waals surface area contributed by atoms with Crippen molar-refractivity contribution < 1.29 is 42.1 Å². The average Bonchev–Trinajstić information content (AvgIpc) is 2.72. The lowest BCUT2D eigenvalue weighted by Crippen LogP contribution is -2.37. The SMILES string of the molecule is CC/C=C\C/C=C\C/C=C\C/C=C\CCCCCCCCCCCCCCCCCCCCCCCCCCC(=O)OC(COC(=O)CCCCCCCCCCCCCCCCCCCCCCCCC/C=C\C/C=C\CCCCCCC)COP(=O)(O)OCC[N+](C)(C)C. The highest BCUT2D eigenvalue weighted by Gasteiger charge is 2.27. The fourth-order valence-electron chi connectivity index (χ4n) is 12.4. The second-order valence-electron chi connectivity index (χ2n) is 29.5. The van der Waals surface area contributed by atoms with Gasteiger partial charge in [0.1, 0.15) is 19.8 Å². The van der Waals surface area contributed by atoms with Gasteiger partial charge in [-0.3, -0.25) is 18.6 Å². The predicted octanol–water partition coefficient (Wildman–Crippen LogP) is 27.8. The van der Waals surface area contributed by atoms with Gasteiger partial charge >= 0.3 is 19.8 Å². The number of likely N-dealkylation sites (N-methyl/N-ethyl adjacent to an activating group) is 1. The van der Waals surface area contributed by atoms with Crippen molar-refractivity contribution >= 4 is 19.8 Å². The van der Waals surface area contributed by atoms with E-state index in [1.54, 1.807) is 0 Å². The minimum absolute atomic E-state index is 0.0339. The highest BCUT2D eigenvalue weighted by atomic mass is 31.2. The number of unbranched alkanes of at least 4 members (excludes halogenated alkanes) is 52.